The topological polar surface area (TPSA) is 101 Å². The standard InChI is InChI=1S/C17H19N3O4S2/c1-11(5-7-13-4-3-9-24-13)18-16(21)12-6-8-14-15(10-12)25-17(19-14)20-26(2,22)23/h3-4,6,8-11H,5,7H2,1-2H3,(H,18,21)(H,19,20)/t11-/m1/s1. The van der Waals surface area contributed by atoms with Crippen LogP contribution >= 0.6 is 11.3 Å². The molecule has 0 aliphatic rings. The molecule has 0 fully saturated rings. The van der Waals surface area contributed by atoms with Gasteiger partial charge in [0.15, 0.2) is 5.13 Å². The maximum atomic E-state index is 12.4. The van der Waals surface area contributed by atoms with Crippen molar-refractivity contribution in [3.05, 3.63) is 47.9 Å². The summed E-state index contributed by atoms with van der Waals surface area (Å²) < 4.78 is 31.0. The van der Waals surface area contributed by atoms with Crippen LogP contribution < -0.4 is 10.0 Å². The van der Waals surface area contributed by atoms with E-state index in [1.54, 1.807) is 24.5 Å². The molecule has 3 aromatic rings. The van der Waals surface area contributed by atoms with Gasteiger partial charge in [-0.05, 0) is 43.7 Å². The van der Waals surface area contributed by atoms with Crippen LogP contribution in [0.25, 0.3) is 10.2 Å². The molecule has 1 aromatic carbocycles. The van der Waals surface area contributed by atoms with Crippen molar-refractivity contribution in [3.63, 3.8) is 0 Å². The summed E-state index contributed by atoms with van der Waals surface area (Å²) in [5, 5.41) is 3.24. The first-order valence-corrected chi connectivity index (χ1v) is 10.7. The zero-order chi connectivity index (χ0) is 18.7. The number of nitrogens with one attached hydrogen (secondary N) is 2. The third-order valence-electron chi connectivity index (χ3n) is 3.70. The summed E-state index contributed by atoms with van der Waals surface area (Å²) >= 11 is 1.19. The highest BCUT2D eigenvalue weighted by atomic mass is 32.2. The lowest BCUT2D eigenvalue weighted by molar-refractivity contribution is 0.0938. The lowest BCUT2D eigenvalue weighted by Gasteiger charge is -2.13. The third-order valence-corrected chi connectivity index (χ3v) is 5.33. The molecule has 0 spiro atoms. The molecule has 9 heteroatoms. The number of hydrogen-bond acceptors (Lipinski definition) is 6. The number of furan rings is 1. The van der Waals surface area contributed by atoms with Gasteiger partial charge in [0.2, 0.25) is 10.0 Å². The summed E-state index contributed by atoms with van der Waals surface area (Å²) in [6.45, 7) is 1.94. The first-order chi connectivity index (χ1) is 12.3. The number of aryl methyl sites for hydroxylation is 1. The number of rotatable bonds is 7. The fraction of sp³-hybridized carbons (Fsp3) is 0.294. The molecule has 0 unspecified atom stereocenters. The SMILES string of the molecule is C[C@H](CCc1ccco1)NC(=O)c1ccc2nc(NS(C)(=O)=O)sc2c1. The van der Waals surface area contributed by atoms with Gasteiger partial charge in [-0.2, -0.15) is 0 Å². The van der Waals surface area contributed by atoms with E-state index in [0.717, 1.165) is 29.6 Å². The first-order valence-electron chi connectivity index (χ1n) is 8.02. The van der Waals surface area contributed by atoms with Gasteiger partial charge in [0, 0.05) is 18.0 Å². The van der Waals surface area contributed by atoms with Gasteiger partial charge in [-0.1, -0.05) is 11.3 Å². The highest BCUT2D eigenvalue weighted by Gasteiger charge is 2.13. The monoisotopic (exact) mass is 393 g/mol. The van der Waals surface area contributed by atoms with Gasteiger partial charge >= 0.3 is 0 Å². The van der Waals surface area contributed by atoms with Crippen LogP contribution in [0.4, 0.5) is 5.13 Å². The van der Waals surface area contributed by atoms with E-state index < -0.39 is 10.0 Å². The van der Waals surface area contributed by atoms with Crippen molar-refractivity contribution in [3.8, 4) is 0 Å². The van der Waals surface area contributed by atoms with Gasteiger partial charge in [-0.3, -0.25) is 9.52 Å². The number of benzene rings is 1. The van der Waals surface area contributed by atoms with Crippen LogP contribution in [-0.2, 0) is 16.4 Å². The smallest absolute Gasteiger partial charge is 0.251 e. The van der Waals surface area contributed by atoms with E-state index in [4.69, 9.17) is 4.42 Å². The zero-order valence-electron chi connectivity index (χ0n) is 14.4. The molecule has 0 radical (unpaired) electrons. The maximum Gasteiger partial charge on any atom is 0.251 e. The van der Waals surface area contributed by atoms with Crippen molar-refractivity contribution in [2.45, 2.75) is 25.8 Å². The van der Waals surface area contributed by atoms with Crippen molar-refractivity contribution < 1.29 is 17.6 Å². The van der Waals surface area contributed by atoms with Gasteiger partial charge in [0.25, 0.3) is 5.91 Å². The second-order valence-corrected chi connectivity index (χ2v) is 8.85. The van der Waals surface area contributed by atoms with Crippen molar-refractivity contribution in [1.29, 1.82) is 0 Å². The van der Waals surface area contributed by atoms with E-state index >= 15 is 0 Å². The Morgan fingerprint density at radius 2 is 2.15 bits per heavy atom. The fourth-order valence-electron chi connectivity index (χ4n) is 2.46. The highest BCUT2D eigenvalue weighted by Crippen LogP contribution is 2.27. The van der Waals surface area contributed by atoms with Crippen LogP contribution in [0.1, 0.15) is 29.5 Å². The van der Waals surface area contributed by atoms with Crippen LogP contribution in [0.5, 0.6) is 0 Å². The zero-order valence-corrected chi connectivity index (χ0v) is 16.0. The van der Waals surface area contributed by atoms with E-state index in [-0.39, 0.29) is 17.1 Å². The molecular weight excluding hydrogens is 374 g/mol. The summed E-state index contributed by atoms with van der Waals surface area (Å²) in [6.07, 6.45) is 4.23. The van der Waals surface area contributed by atoms with Crippen LogP contribution in [0.2, 0.25) is 0 Å². The van der Waals surface area contributed by atoms with Crippen molar-refractivity contribution in [2.24, 2.45) is 0 Å². The highest BCUT2D eigenvalue weighted by molar-refractivity contribution is 7.92. The molecule has 1 atom stereocenters. The molecule has 2 N–H and O–H groups in total. The molecule has 0 aliphatic carbocycles. The third kappa shape index (κ3) is 4.83. The fourth-order valence-corrected chi connectivity index (χ4v) is 4.20. The first kappa shape index (κ1) is 18.4. The molecule has 1 amide bonds. The molecule has 3 rings (SSSR count). The normalized spacial score (nSPS) is 12.8. The van der Waals surface area contributed by atoms with E-state index in [1.165, 1.54) is 11.3 Å². The van der Waals surface area contributed by atoms with Crippen LogP contribution in [-0.4, -0.2) is 31.6 Å². The van der Waals surface area contributed by atoms with E-state index in [1.807, 2.05) is 19.1 Å². The van der Waals surface area contributed by atoms with Gasteiger partial charge in [-0.25, -0.2) is 13.4 Å². The summed E-state index contributed by atoms with van der Waals surface area (Å²) in [7, 11) is -3.38. The van der Waals surface area contributed by atoms with E-state index in [2.05, 4.69) is 15.0 Å². The Bertz CT molecular complexity index is 1010. The Kier molecular flexibility index (Phi) is 5.28. The molecule has 7 nitrogen and oxygen atoms in total. The maximum absolute atomic E-state index is 12.4. The minimum absolute atomic E-state index is 0.00720. The van der Waals surface area contributed by atoms with Crippen LogP contribution in [0, 0.1) is 0 Å². The summed E-state index contributed by atoms with van der Waals surface area (Å²) in [4.78, 5) is 16.6. The number of carbonyl (C=O) groups excluding carboxylic acids is 1. The van der Waals surface area contributed by atoms with Crippen molar-refractivity contribution >= 4 is 42.6 Å². The molecule has 2 heterocycles. The molecule has 2 aromatic heterocycles. The Morgan fingerprint density at radius 1 is 1.35 bits per heavy atom. The predicted octanol–water partition coefficient (Wildman–Crippen LogP) is 3.01. The van der Waals surface area contributed by atoms with E-state index in [9.17, 15) is 13.2 Å². The quantitative estimate of drug-likeness (QED) is 0.642. The number of anilines is 1. The Balaban J connectivity index is 1.65. The van der Waals surface area contributed by atoms with Gasteiger partial charge in [0.05, 0.1) is 22.7 Å². The number of carbonyl (C=O) groups is 1. The Hall–Kier alpha value is -2.39. The molecular formula is C17H19N3O4S2. The Morgan fingerprint density at radius 3 is 2.85 bits per heavy atom. The lowest BCUT2D eigenvalue weighted by atomic mass is 10.1. The number of fused-ring (bicyclic) bond motifs is 1. The number of thiazole rings is 1. The van der Waals surface area contributed by atoms with E-state index in [0.29, 0.717) is 11.1 Å². The van der Waals surface area contributed by atoms with Crippen LogP contribution in [0.3, 0.4) is 0 Å². The Labute approximate surface area is 155 Å². The largest absolute Gasteiger partial charge is 0.469 e. The van der Waals surface area contributed by atoms with Crippen molar-refractivity contribution in [2.75, 3.05) is 11.0 Å². The lowest BCUT2D eigenvalue weighted by Crippen LogP contribution is -2.32. The molecule has 138 valence electrons. The average molecular weight is 393 g/mol. The second-order valence-electron chi connectivity index (χ2n) is 6.07. The molecule has 0 bridgehead atoms. The van der Waals surface area contributed by atoms with Crippen LogP contribution in [0.15, 0.2) is 41.0 Å². The number of sulfonamides is 1. The van der Waals surface area contributed by atoms with Gasteiger partial charge in [-0.15, -0.1) is 0 Å². The molecule has 0 saturated carbocycles. The van der Waals surface area contributed by atoms with Gasteiger partial charge in [0.1, 0.15) is 5.76 Å². The van der Waals surface area contributed by atoms with Gasteiger partial charge < -0.3 is 9.73 Å². The number of nitrogens with zero attached hydrogens (tertiary/aromatic N) is 1. The second kappa shape index (κ2) is 7.46. The molecule has 0 saturated heterocycles. The summed E-state index contributed by atoms with van der Waals surface area (Å²) in [5.41, 5.74) is 1.15. The minimum atomic E-state index is -3.38. The summed E-state index contributed by atoms with van der Waals surface area (Å²) in [6, 6.07) is 8.86. The average Bonchev–Trinajstić information content (AvgIpc) is 3.19. The summed E-state index contributed by atoms with van der Waals surface area (Å²) in [5.74, 6) is 0.716. The minimum Gasteiger partial charge on any atom is -0.469 e. The molecule has 0 aliphatic heterocycles. The predicted molar refractivity (Wildman–Crippen MR) is 102 cm³/mol. The number of aromatic nitrogens is 1. The van der Waals surface area contributed by atoms with Crippen molar-refractivity contribution in [1.82, 2.24) is 10.3 Å². The molecule has 26 heavy (non-hydrogen) atoms. The number of hydrogen-bond donors (Lipinski definition) is 2. The number of amides is 1.